The van der Waals surface area contributed by atoms with Gasteiger partial charge in [-0.25, -0.2) is 0 Å². The summed E-state index contributed by atoms with van der Waals surface area (Å²) < 4.78 is 0. The number of aryl methyl sites for hydroxylation is 1. The zero-order chi connectivity index (χ0) is 21.0. The molecule has 29 heavy (non-hydrogen) atoms. The largest absolute Gasteiger partial charge is 0.507 e. The van der Waals surface area contributed by atoms with E-state index in [0.29, 0.717) is 17.7 Å². The van der Waals surface area contributed by atoms with E-state index in [1.807, 2.05) is 37.2 Å². The van der Waals surface area contributed by atoms with Crippen LogP contribution in [0.5, 0.6) is 0 Å². The molecule has 0 spiro atoms. The molecule has 1 atom stereocenters. The van der Waals surface area contributed by atoms with Crippen LogP contribution >= 0.6 is 0 Å². The maximum atomic E-state index is 12.9. The van der Waals surface area contributed by atoms with Crippen LogP contribution in [-0.2, 0) is 16.0 Å². The van der Waals surface area contributed by atoms with Crippen LogP contribution < -0.4 is 0 Å². The molecule has 1 fully saturated rings. The lowest BCUT2D eigenvalue weighted by molar-refractivity contribution is -0.139. The number of hydrogen-bond donors (Lipinski definition) is 1. The quantitative estimate of drug-likeness (QED) is 0.445. The average molecular weight is 393 g/mol. The number of likely N-dealkylation sites (tertiary alicyclic amines) is 1. The van der Waals surface area contributed by atoms with Crippen molar-refractivity contribution in [2.24, 2.45) is 0 Å². The number of pyridine rings is 1. The van der Waals surface area contributed by atoms with E-state index < -0.39 is 17.7 Å². The zero-order valence-corrected chi connectivity index (χ0v) is 17.1. The minimum absolute atomic E-state index is 0.122. The summed E-state index contributed by atoms with van der Waals surface area (Å²) in [5.74, 6) is -1.37. The van der Waals surface area contributed by atoms with Gasteiger partial charge in [0.05, 0.1) is 11.6 Å². The van der Waals surface area contributed by atoms with E-state index in [2.05, 4.69) is 11.9 Å². The summed E-state index contributed by atoms with van der Waals surface area (Å²) in [5.41, 5.74) is 2.50. The standard InChI is InChI=1S/C23H27N3O3/c1-4-16-8-10-17(11-9-16)21(27)19-20(18-7-5-12-24-15-18)26(23(29)22(19)28)14-6-13-25(2)3/h5,7-12,15,20,27H,4,6,13-14H2,1-3H3/b21-19-. The summed E-state index contributed by atoms with van der Waals surface area (Å²) in [6, 6.07) is 10.4. The van der Waals surface area contributed by atoms with E-state index in [1.54, 1.807) is 35.5 Å². The number of aliphatic hydroxyl groups excluding tert-OH is 1. The summed E-state index contributed by atoms with van der Waals surface area (Å²) in [6.07, 6.45) is 4.89. The molecule has 1 aliphatic heterocycles. The molecular formula is C23H27N3O3. The van der Waals surface area contributed by atoms with E-state index in [-0.39, 0.29) is 11.3 Å². The third-order valence-corrected chi connectivity index (χ3v) is 5.18. The van der Waals surface area contributed by atoms with Crippen LogP contribution in [-0.4, -0.2) is 58.8 Å². The lowest BCUT2D eigenvalue weighted by Gasteiger charge is -2.25. The summed E-state index contributed by atoms with van der Waals surface area (Å²) in [6.45, 7) is 3.27. The van der Waals surface area contributed by atoms with Crippen LogP contribution in [0.15, 0.2) is 54.4 Å². The number of nitrogens with zero attached hydrogens (tertiary/aromatic N) is 3. The number of carbonyl (C=O) groups excluding carboxylic acids is 2. The maximum Gasteiger partial charge on any atom is 0.295 e. The van der Waals surface area contributed by atoms with Crippen LogP contribution in [0.2, 0.25) is 0 Å². The van der Waals surface area contributed by atoms with E-state index in [1.165, 1.54) is 0 Å². The SMILES string of the molecule is CCc1ccc(/C(O)=C2/C(=O)C(=O)N(CCCN(C)C)C2c2cccnc2)cc1. The topological polar surface area (TPSA) is 73.7 Å². The highest BCUT2D eigenvalue weighted by atomic mass is 16.3. The van der Waals surface area contributed by atoms with Crippen molar-refractivity contribution in [3.05, 3.63) is 71.1 Å². The summed E-state index contributed by atoms with van der Waals surface area (Å²) in [5, 5.41) is 11.0. The van der Waals surface area contributed by atoms with E-state index in [9.17, 15) is 14.7 Å². The molecule has 0 aliphatic carbocycles. The van der Waals surface area contributed by atoms with Crippen molar-refractivity contribution in [3.63, 3.8) is 0 Å². The fraction of sp³-hybridized carbons (Fsp3) is 0.348. The molecule has 1 unspecified atom stereocenters. The predicted octanol–water partition coefficient (Wildman–Crippen LogP) is 3.02. The van der Waals surface area contributed by atoms with E-state index in [4.69, 9.17) is 0 Å². The Hall–Kier alpha value is -2.99. The number of aromatic nitrogens is 1. The van der Waals surface area contributed by atoms with Gasteiger partial charge in [0.1, 0.15) is 5.76 Å². The molecule has 1 amide bonds. The summed E-state index contributed by atoms with van der Waals surface area (Å²) in [4.78, 5) is 33.4. The van der Waals surface area contributed by atoms with Gasteiger partial charge in [0.2, 0.25) is 0 Å². The number of hydrogen-bond acceptors (Lipinski definition) is 5. The average Bonchev–Trinajstić information content (AvgIpc) is 2.98. The zero-order valence-electron chi connectivity index (χ0n) is 17.1. The van der Waals surface area contributed by atoms with Crippen molar-refractivity contribution in [1.82, 2.24) is 14.8 Å². The number of Topliss-reactive ketones (excluding diaryl/α,β-unsaturated/α-hetero) is 1. The Morgan fingerprint density at radius 3 is 2.48 bits per heavy atom. The molecule has 0 saturated carbocycles. The van der Waals surface area contributed by atoms with Gasteiger partial charge in [-0.15, -0.1) is 0 Å². The highest BCUT2D eigenvalue weighted by Gasteiger charge is 2.45. The second-order valence-electron chi connectivity index (χ2n) is 7.49. The van der Waals surface area contributed by atoms with Crippen molar-refractivity contribution < 1.29 is 14.7 Å². The molecule has 0 bridgehead atoms. The number of aliphatic hydroxyl groups is 1. The Morgan fingerprint density at radius 2 is 1.90 bits per heavy atom. The number of rotatable bonds is 7. The van der Waals surface area contributed by atoms with Crippen molar-refractivity contribution in [3.8, 4) is 0 Å². The van der Waals surface area contributed by atoms with Crippen LogP contribution in [0.4, 0.5) is 0 Å². The van der Waals surface area contributed by atoms with Crippen molar-refractivity contribution in [2.45, 2.75) is 25.8 Å². The molecule has 1 saturated heterocycles. The van der Waals surface area contributed by atoms with Gasteiger partial charge in [0, 0.05) is 24.5 Å². The Labute approximate surface area is 171 Å². The highest BCUT2D eigenvalue weighted by molar-refractivity contribution is 6.46. The van der Waals surface area contributed by atoms with Gasteiger partial charge in [0.15, 0.2) is 0 Å². The van der Waals surface area contributed by atoms with Gasteiger partial charge in [-0.05, 0) is 50.7 Å². The molecule has 1 aliphatic rings. The third kappa shape index (κ3) is 4.38. The Kier molecular flexibility index (Phi) is 6.44. The molecule has 2 aromatic rings. The first-order chi connectivity index (χ1) is 13.9. The lowest BCUT2D eigenvalue weighted by atomic mass is 9.96. The van der Waals surface area contributed by atoms with Gasteiger partial charge in [-0.1, -0.05) is 37.3 Å². The van der Waals surface area contributed by atoms with Gasteiger partial charge in [-0.3, -0.25) is 14.6 Å². The van der Waals surface area contributed by atoms with Crippen LogP contribution in [0, 0.1) is 0 Å². The fourth-order valence-corrected chi connectivity index (χ4v) is 3.61. The normalized spacial score (nSPS) is 18.6. The molecule has 6 heteroatoms. The van der Waals surface area contributed by atoms with Crippen LogP contribution in [0.3, 0.4) is 0 Å². The van der Waals surface area contributed by atoms with Crippen molar-refractivity contribution in [1.29, 1.82) is 0 Å². The molecule has 1 N–H and O–H groups in total. The van der Waals surface area contributed by atoms with Crippen molar-refractivity contribution >= 4 is 17.4 Å². The third-order valence-electron chi connectivity index (χ3n) is 5.18. The first kappa shape index (κ1) is 20.7. The Morgan fingerprint density at radius 1 is 1.17 bits per heavy atom. The first-order valence-electron chi connectivity index (χ1n) is 9.86. The Balaban J connectivity index is 2.05. The second kappa shape index (κ2) is 9.01. The van der Waals surface area contributed by atoms with E-state index in [0.717, 1.165) is 24.9 Å². The molecule has 1 aromatic carbocycles. The van der Waals surface area contributed by atoms with Gasteiger partial charge in [-0.2, -0.15) is 0 Å². The molecule has 1 aromatic heterocycles. The minimum Gasteiger partial charge on any atom is -0.507 e. The van der Waals surface area contributed by atoms with Crippen LogP contribution in [0.25, 0.3) is 5.76 Å². The van der Waals surface area contributed by atoms with Crippen molar-refractivity contribution in [2.75, 3.05) is 27.2 Å². The van der Waals surface area contributed by atoms with Crippen LogP contribution in [0.1, 0.15) is 36.1 Å². The fourth-order valence-electron chi connectivity index (χ4n) is 3.61. The number of ketones is 1. The number of benzene rings is 1. The molecule has 3 rings (SSSR count). The Bertz CT molecular complexity index is 905. The maximum absolute atomic E-state index is 12.9. The number of carbonyl (C=O) groups is 2. The van der Waals surface area contributed by atoms with E-state index >= 15 is 0 Å². The lowest BCUT2D eigenvalue weighted by Crippen LogP contribution is -2.32. The second-order valence-corrected chi connectivity index (χ2v) is 7.49. The van der Waals surface area contributed by atoms with Gasteiger partial charge >= 0.3 is 0 Å². The minimum atomic E-state index is -0.652. The molecule has 2 heterocycles. The monoisotopic (exact) mass is 393 g/mol. The van der Waals surface area contributed by atoms with Gasteiger partial charge in [0.25, 0.3) is 11.7 Å². The number of amides is 1. The predicted molar refractivity (Wildman–Crippen MR) is 112 cm³/mol. The molecule has 152 valence electrons. The summed E-state index contributed by atoms with van der Waals surface area (Å²) >= 11 is 0. The summed E-state index contributed by atoms with van der Waals surface area (Å²) in [7, 11) is 3.93. The molecular weight excluding hydrogens is 366 g/mol. The first-order valence-corrected chi connectivity index (χ1v) is 9.86. The van der Waals surface area contributed by atoms with Gasteiger partial charge < -0.3 is 14.9 Å². The molecule has 0 radical (unpaired) electrons. The highest BCUT2D eigenvalue weighted by Crippen LogP contribution is 2.39. The molecule has 6 nitrogen and oxygen atoms in total. The smallest absolute Gasteiger partial charge is 0.295 e.